The fourth-order valence-corrected chi connectivity index (χ4v) is 8.44. The zero-order chi connectivity index (χ0) is 41.1. The number of benzene rings is 2. The Hall–Kier alpha value is -5.67. The molecule has 308 valence electrons. The Labute approximate surface area is 338 Å². The van der Waals surface area contributed by atoms with Crippen molar-refractivity contribution in [2.75, 3.05) is 34.4 Å². The van der Waals surface area contributed by atoms with E-state index in [9.17, 15) is 19.2 Å². The van der Waals surface area contributed by atoms with Gasteiger partial charge in [0.05, 0.1) is 63.2 Å². The van der Waals surface area contributed by atoms with E-state index in [1.165, 1.54) is 21.3 Å². The van der Waals surface area contributed by atoms with Gasteiger partial charge in [0, 0.05) is 37.0 Å². The first-order valence-electron chi connectivity index (χ1n) is 19.9. The molecule has 4 amide bonds. The van der Waals surface area contributed by atoms with Crippen LogP contribution in [0.2, 0.25) is 0 Å². The molecule has 2 aromatic heterocycles. The molecule has 5 heterocycles. The van der Waals surface area contributed by atoms with Crippen LogP contribution in [0, 0.1) is 5.92 Å². The van der Waals surface area contributed by atoms with Crippen molar-refractivity contribution >= 4 is 24.0 Å². The summed E-state index contributed by atoms with van der Waals surface area (Å²) in [6, 6.07) is 14.7. The van der Waals surface area contributed by atoms with Crippen molar-refractivity contribution in [1.29, 1.82) is 0 Å². The number of hydrogen-bond acceptors (Lipinski definition) is 9. The van der Waals surface area contributed by atoms with Gasteiger partial charge in [-0.1, -0.05) is 62.4 Å². The number of rotatable bonds is 12. The number of aromatic amines is 2. The van der Waals surface area contributed by atoms with E-state index in [0.29, 0.717) is 32.1 Å². The van der Waals surface area contributed by atoms with Crippen LogP contribution in [0.3, 0.4) is 0 Å². The number of hydrogen-bond donors (Lipinski definition) is 4. The number of imidazole rings is 1. The second-order valence-electron chi connectivity index (χ2n) is 15.5. The summed E-state index contributed by atoms with van der Waals surface area (Å²) in [5.74, 6) is 0.225. The average Bonchev–Trinajstić information content (AvgIpc) is 4.10. The number of likely N-dealkylation sites (tertiary alicyclic amines) is 2. The van der Waals surface area contributed by atoms with Crippen LogP contribution in [0.15, 0.2) is 54.7 Å². The topological polar surface area (TPSA) is 180 Å². The maximum Gasteiger partial charge on any atom is 0.407 e. The Bertz CT molecular complexity index is 2110. The minimum atomic E-state index is -0.897. The molecule has 15 heteroatoms. The molecule has 58 heavy (non-hydrogen) atoms. The Kier molecular flexibility index (Phi) is 12.2. The third-order valence-corrected chi connectivity index (χ3v) is 11.7. The number of carbonyl (C=O) groups is 4. The summed E-state index contributed by atoms with van der Waals surface area (Å²) in [6.45, 7) is 7.70. The number of nitrogens with one attached hydrogen (secondary N) is 4. The van der Waals surface area contributed by atoms with Crippen molar-refractivity contribution in [2.45, 2.75) is 89.9 Å². The van der Waals surface area contributed by atoms with E-state index in [1.54, 1.807) is 18.0 Å². The molecule has 0 aliphatic carbocycles. The fourth-order valence-electron chi connectivity index (χ4n) is 8.44. The van der Waals surface area contributed by atoms with Crippen LogP contribution < -0.4 is 10.6 Å². The average molecular weight is 796 g/mol. The number of amides is 4. The van der Waals surface area contributed by atoms with E-state index in [-0.39, 0.29) is 29.8 Å². The van der Waals surface area contributed by atoms with Gasteiger partial charge < -0.3 is 49.3 Å². The number of carbonyl (C=O) groups excluding carboxylic acids is 4. The van der Waals surface area contributed by atoms with Gasteiger partial charge in [-0.2, -0.15) is 0 Å². The monoisotopic (exact) mass is 795 g/mol. The van der Waals surface area contributed by atoms with Gasteiger partial charge in [0.25, 0.3) is 0 Å². The second kappa shape index (κ2) is 17.4. The predicted octanol–water partition coefficient (Wildman–Crippen LogP) is 6.24. The molecule has 2 saturated heterocycles. The molecule has 5 atom stereocenters. The Balaban J connectivity index is 1.05. The van der Waals surface area contributed by atoms with Crippen molar-refractivity contribution in [1.82, 2.24) is 35.4 Å². The third kappa shape index (κ3) is 8.05. The van der Waals surface area contributed by atoms with Gasteiger partial charge in [-0.15, -0.1) is 0 Å². The normalized spacial score (nSPS) is 19.2. The quantitative estimate of drug-likeness (QED) is 0.129. The van der Waals surface area contributed by atoms with E-state index < -0.39 is 30.4 Å². The first kappa shape index (κ1) is 40.5. The SMILES string of the molecule is COC(=O)N[C@H](C(=O)N1CCC[C@H]1c1[nH]c(-c2ccc(-c3ccc(-c4cnc([C@@H]5CCCN5C(=O)[C@@H](NC(=O)OC)[C@@H](C)OC)[nH]4)cc3)cc2)c2c1COC2)C(C)C. The Morgan fingerprint density at radius 3 is 1.86 bits per heavy atom. The summed E-state index contributed by atoms with van der Waals surface area (Å²) in [5.41, 5.74) is 9.17. The zero-order valence-corrected chi connectivity index (χ0v) is 33.9. The highest BCUT2D eigenvalue weighted by molar-refractivity contribution is 5.87. The fraction of sp³-hybridized carbons (Fsp3) is 0.465. The molecule has 0 bridgehead atoms. The predicted molar refractivity (Wildman–Crippen MR) is 215 cm³/mol. The van der Waals surface area contributed by atoms with Crippen molar-refractivity contribution < 1.29 is 38.1 Å². The van der Waals surface area contributed by atoms with E-state index >= 15 is 0 Å². The van der Waals surface area contributed by atoms with Crippen LogP contribution in [0.1, 0.15) is 81.2 Å². The molecule has 0 saturated carbocycles. The molecular formula is C43H53N7O8. The Morgan fingerprint density at radius 1 is 0.724 bits per heavy atom. The van der Waals surface area contributed by atoms with Gasteiger partial charge in [-0.25, -0.2) is 14.6 Å². The molecule has 4 aromatic rings. The number of H-pyrrole nitrogens is 2. The lowest BCUT2D eigenvalue weighted by Gasteiger charge is -2.31. The van der Waals surface area contributed by atoms with E-state index in [2.05, 4.69) is 74.1 Å². The van der Waals surface area contributed by atoms with Crippen LogP contribution in [0.4, 0.5) is 9.59 Å². The summed E-state index contributed by atoms with van der Waals surface area (Å²) >= 11 is 0. The van der Waals surface area contributed by atoms with E-state index in [1.807, 2.05) is 18.7 Å². The van der Waals surface area contributed by atoms with Gasteiger partial charge in [0.2, 0.25) is 11.8 Å². The lowest BCUT2D eigenvalue weighted by Crippen LogP contribution is -2.54. The van der Waals surface area contributed by atoms with Crippen LogP contribution >= 0.6 is 0 Å². The molecule has 3 aliphatic rings. The minimum Gasteiger partial charge on any atom is -0.453 e. The third-order valence-electron chi connectivity index (χ3n) is 11.7. The van der Waals surface area contributed by atoms with E-state index in [4.69, 9.17) is 18.9 Å². The van der Waals surface area contributed by atoms with Gasteiger partial charge >= 0.3 is 12.2 Å². The number of aromatic nitrogens is 3. The maximum atomic E-state index is 13.8. The highest BCUT2D eigenvalue weighted by Crippen LogP contribution is 2.42. The highest BCUT2D eigenvalue weighted by Gasteiger charge is 2.40. The highest BCUT2D eigenvalue weighted by atomic mass is 16.5. The number of alkyl carbamates (subject to hydrolysis) is 2. The summed E-state index contributed by atoms with van der Waals surface area (Å²) in [7, 11) is 4.06. The molecule has 4 N–H and O–H groups in total. The van der Waals surface area contributed by atoms with Gasteiger partial charge in [-0.3, -0.25) is 9.59 Å². The summed E-state index contributed by atoms with van der Waals surface area (Å²) in [6.07, 6.45) is 3.16. The lowest BCUT2D eigenvalue weighted by molar-refractivity contribution is -0.137. The molecular weight excluding hydrogens is 743 g/mol. The van der Waals surface area contributed by atoms with Crippen molar-refractivity contribution in [3.05, 3.63) is 77.4 Å². The second-order valence-corrected chi connectivity index (χ2v) is 15.5. The molecule has 7 rings (SSSR count). The van der Waals surface area contributed by atoms with Crippen LogP contribution in [-0.4, -0.2) is 101 Å². The van der Waals surface area contributed by atoms with Gasteiger partial charge in [-0.05, 0) is 60.8 Å². The molecule has 3 aliphatic heterocycles. The molecule has 2 fully saturated rings. The lowest BCUT2D eigenvalue weighted by atomic mass is 9.99. The molecule has 0 spiro atoms. The van der Waals surface area contributed by atoms with Crippen LogP contribution in [0.5, 0.6) is 0 Å². The summed E-state index contributed by atoms with van der Waals surface area (Å²) < 4.78 is 20.9. The Morgan fingerprint density at radius 2 is 1.26 bits per heavy atom. The summed E-state index contributed by atoms with van der Waals surface area (Å²) in [4.78, 5) is 67.0. The molecule has 15 nitrogen and oxygen atoms in total. The first-order chi connectivity index (χ1) is 28.0. The van der Waals surface area contributed by atoms with Gasteiger partial charge in [0.15, 0.2) is 0 Å². The standard InChI is InChI=1S/C43H53N7O8/c1-24(2)35(47-42(53)56-5)40(51)49-19-7-9-33(49)38-31-23-58-22-30(31)37(46-38)29-17-13-27(14-18-29)26-11-15-28(16-12-26)32-21-44-39(45-32)34-10-8-20-50(34)41(52)36(25(3)55-4)48-43(54)57-6/h11-18,21,24-25,33-36,46H,7-10,19-20,22-23H2,1-6H3,(H,44,45)(H,47,53)(H,48,54)/t25-,33+,34+,35+,36+/m1/s1. The van der Waals surface area contributed by atoms with Crippen LogP contribution in [-0.2, 0) is 41.8 Å². The number of ether oxygens (including phenoxy) is 4. The van der Waals surface area contributed by atoms with E-state index in [0.717, 1.165) is 76.1 Å². The zero-order valence-electron chi connectivity index (χ0n) is 33.9. The number of nitrogens with zero attached hydrogens (tertiary/aromatic N) is 3. The molecule has 2 aromatic carbocycles. The number of fused-ring (bicyclic) bond motifs is 1. The first-order valence-corrected chi connectivity index (χ1v) is 19.9. The molecule has 0 unspecified atom stereocenters. The molecule has 0 radical (unpaired) electrons. The maximum absolute atomic E-state index is 13.8. The smallest absolute Gasteiger partial charge is 0.407 e. The van der Waals surface area contributed by atoms with Crippen molar-refractivity contribution in [3.63, 3.8) is 0 Å². The van der Waals surface area contributed by atoms with Gasteiger partial charge in [0.1, 0.15) is 17.9 Å². The van der Waals surface area contributed by atoms with Crippen molar-refractivity contribution in [3.8, 4) is 33.6 Å². The minimum absolute atomic E-state index is 0.107. The number of methoxy groups -OCH3 is 3. The van der Waals surface area contributed by atoms with Crippen LogP contribution in [0.25, 0.3) is 33.6 Å². The van der Waals surface area contributed by atoms with Crippen molar-refractivity contribution in [2.24, 2.45) is 5.92 Å². The largest absolute Gasteiger partial charge is 0.453 e. The summed E-state index contributed by atoms with van der Waals surface area (Å²) in [5, 5.41) is 5.36.